The van der Waals surface area contributed by atoms with Gasteiger partial charge in [-0.05, 0) is 66.6 Å². The van der Waals surface area contributed by atoms with E-state index >= 15 is 0 Å². The third-order valence-electron chi connectivity index (χ3n) is 6.05. The van der Waals surface area contributed by atoms with Crippen LogP contribution < -0.4 is 15.4 Å². The van der Waals surface area contributed by atoms with Crippen molar-refractivity contribution in [2.45, 2.75) is 44.4 Å². The summed E-state index contributed by atoms with van der Waals surface area (Å²) in [5, 5.41) is 16.9. The molecule has 0 saturated heterocycles. The van der Waals surface area contributed by atoms with Gasteiger partial charge in [-0.2, -0.15) is 0 Å². The molecule has 5 heteroatoms. The molecule has 33 heavy (non-hydrogen) atoms. The van der Waals surface area contributed by atoms with Crippen LogP contribution in [-0.2, 0) is 19.4 Å². The fourth-order valence-electron chi connectivity index (χ4n) is 4.25. The Labute approximate surface area is 195 Å². The van der Waals surface area contributed by atoms with E-state index in [2.05, 4.69) is 28.8 Å². The number of nitrogens with one attached hydrogen (secondary N) is 2. The summed E-state index contributed by atoms with van der Waals surface area (Å²) in [6.07, 6.45) is 3.60. The highest BCUT2D eigenvalue weighted by Crippen LogP contribution is 2.22. The zero-order valence-corrected chi connectivity index (χ0v) is 18.9. The van der Waals surface area contributed by atoms with E-state index in [0.717, 1.165) is 37.0 Å². The average molecular weight is 445 g/mol. The first kappa shape index (κ1) is 23.0. The van der Waals surface area contributed by atoms with E-state index in [9.17, 15) is 9.90 Å². The Bertz CT molecular complexity index is 1020. The van der Waals surface area contributed by atoms with E-state index in [0.29, 0.717) is 24.7 Å². The minimum atomic E-state index is -0.563. The predicted octanol–water partition coefficient (Wildman–Crippen LogP) is 3.89. The topological polar surface area (TPSA) is 70.6 Å². The van der Waals surface area contributed by atoms with Gasteiger partial charge in [-0.1, -0.05) is 54.6 Å². The molecule has 5 nitrogen and oxygen atoms in total. The Hall–Kier alpha value is -3.15. The molecule has 3 aromatic carbocycles. The molecule has 0 radical (unpaired) electrons. The number of para-hydroxylation sites is 1. The molecule has 2 atom stereocenters. The van der Waals surface area contributed by atoms with Crippen LogP contribution in [0.1, 0.15) is 39.9 Å². The number of hydrogen-bond acceptors (Lipinski definition) is 4. The Kier molecular flexibility index (Phi) is 8.12. The van der Waals surface area contributed by atoms with Crippen LogP contribution in [0.3, 0.4) is 0 Å². The summed E-state index contributed by atoms with van der Waals surface area (Å²) < 4.78 is 5.66. The van der Waals surface area contributed by atoms with Crippen molar-refractivity contribution in [1.29, 1.82) is 0 Å². The summed E-state index contributed by atoms with van der Waals surface area (Å²) >= 11 is 0. The van der Waals surface area contributed by atoms with Crippen molar-refractivity contribution in [1.82, 2.24) is 10.6 Å². The Morgan fingerprint density at radius 3 is 2.55 bits per heavy atom. The highest BCUT2D eigenvalue weighted by Gasteiger charge is 2.18. The molecule has 172 valence electrons. The second-order valence-electron chi connectivity index (χ2n) is 8.63. The molecule has 1 unspecified atom stereocenters. The number of aliphatic hydroxyl groups is 1. The number of carbonyl (C=O) groups is 1. The lowest BCUT2D eigenvalue weighted by molar-refractivity contribution is 0.0951. The van der Waals surface area contributed by atoms with Gasteiger partial charge in [0.15, 0.2) is 0 Å². The van der Waals surface area contributed by atoms with Gasteiger partial charge in [0.1, 0.15) is 18.5 Å². The van der Waals surface area contributed by atoms with Crippen molar-refractivity contribution in [2.24, 2.45) is 0 Å². The number of rotatable bonds is 9. The normalized spacial score (nSPS) is 16.3. The van der Waals surface area contributed by atoms with Crippen LogP contribution in [0.4, 0.5) is 0 Å². The molecular weight excluding hydrogens is 412 g/mol. The number of fused-ring (bicyclic) bond motifs is 1. The fraction of sp³-hybridized carbons (Fsp3) is 0.321. The van der Waals surface area contributed by atoms with Crippen LogP contribution >= 0.6 is 0 Å². The number of aryl methyl sites for hydroxylation is 1. The standard InChI is InChI=1S/C28H32N2O3/c31-26(20-33-27-12-5-2-6-13-27)19-29-25-11-7-10-22-15-14-21(16-24(22)17-25)18-30-28(32)23-8-3-1-4-9-23/h1-6,8-9,12-16,25-26,29,31H,7,10-11,17-20H2,(H,30,32)/t25?,26-/m0/s1. The number of ether oxygens (including phenoxy) is 1. The molecule has 0 bridgehead atoms. The van der Waals surface area contributed by atoms with Crippen LogP contribution in [-0.4, -0.2) is 36.3 Å². The van der Waals surface area contributed by atoms with Gasteiger partial charge in [-0.3, -0.25) is 4.79 Å². The molecule has 4 rings (SSSR count). The van der Waals surface area contributed by atoms with Crippen molar-refractivity contribution in [3.8, 4) is 5.75 Å². The van der Waals surface area contributed by atoms with Crippen LogP contribution in [0.15, 0.2) is 78.9 Å². The van der Waals surface area contributed by atoms with Crippen molar-refractivity contribution >= 4 is 5.91 Å². The second kappa shape index (κ2) is 11.6. The fourth-order valence-corrected chi connectivity index (χ4v) is 4.25. The van der Waals surface area contributed by atoms with Crippen LogP contribution in [0.2, 0.25) is 0 Å². The number of carbonyl (C=O) groups excluding carboxylic acids is 1. The highest BCUT2D eigenvalue weighted by molar-refractivity contribution is 5.94. The molecule has 1 amide bonds. The first-order chi connectivity index (χ1) is 16.2. The van der Waals surface area contributed by atoms with E-state index in [1.807, 2.05) is 60.7 Å². The smallest absolute Gasteiger partial charge is 0.251 e. The molecule has 0 aromatic heterocycles. The van der Waals surface area contributed by atoms with E-state index in [4.69, 9.17) is 4.74 Å². The summed E-state index contributed by atoms with van der Waals surface area (Å²) in [4.78, 5) is 12.4. The van der Waals surface area contributed by atoms with Gasteiger partial charge >= 0.3 is 0 Å². The van der Waals surface area contributed by atoms with Gasteiger partial charge in [0.05, 0.1) is 0 Å². The first-order valence-corrected chi connectivity index (χ1v) is 11.7. The molecule has 0 heterocycles. The molecule has 1 aliphatic rings. The van der Waals surface area contributed by atoms with Gasteiger partial charge in [0, 0.05) is 24.7 Å². The SMILES string of the molecule is O=C(NCc1ccc2c(c1)CC(NC[C@H](O)COc1ccccc1)CCC2)c1ccccc1. The van der Waals surface area contributed by atoms with Crippen LogP contribution in [0, 0.1) is 0 Å². The zero-order valence-electron chi connectivity index (χ0n) is 18.9. The van der Waals surface area contributed by atoms with Crippen molar-refractivity contribution in [2.75, 3.05) is 13.2 Å². The maximum absolute atomic E-state index is 12.4. The Balaban J connectivity index is 1.28. The molecule has 3 aromatic rings. The van der Waals surface area contributed by atoms with E-state index < -0.39 is 6.10 Å². The zero-order chi connectivity index (χ0) is 22.9. The number of amides is 1. The quantitative estimate of drug-likeness (QED) is 0.438. The third-order valence-corrected chi connectivity index (χ3v) is 6.05. The van der Waals surface area contributed by atoms with Crippen molar-refractivity contribution < 1.29 is 14.6 Å². The third kappa shape index (κ3) is 6.91. The van der Waals surface area contributed by atoms with Gasteiger partial charge in [0.25, 0.3) is 5.91 Å². The molecule has 1 aliphatic carbocycles. The molecule has 0 saturated carbocycles. The lowest BCUT2D eigenvalue weighted by Gasteiger charge is -2.20. The van der Waals surface area contributed by atoms with Crippen molar-refractivity contribution in [3.63, 3.8) is 0 Å². The second-order valence-corrected chi connectivity index (χ2v) is 8.63. The maximum Gasteiger partial charge on any atom is 0.251 e. The molecular formula is C28H32N2O3. The summed E-state index contributed by atoms with van der Waals surface area (Å²) in [6.45, 7) is 1.28. The van der Waals surface area contributed by atoms with E-state index in [1.54, 1.807) is 0 Å². The molecule has 3 N–H and O–H groups in total. The summed E-state index contributed by atoms with van der Waals surface area (Å²) in [7, 11) is 0. The van der Waals surface area contributed by atoms with Crippen molar-refractivity contribution in [3.05, 3.63) is 101 Å². The van der Waals surface area contributed by atoms with Gasteiger partial charge in [0.2, 0.25) is 0 Å². The minimum absolute atomic E-state index is 0.0585. The monoisotopic (exact) mass is 444 g/mol. The molecule has 0 fully saturated rings. The average Bonchev–Trinajstić information content (AvgIpc) is 3.07. The number of aliphatic hydroxyl groups excluding tert-OH is 1. The highest BCUT2D eigenvalue weighted by atomic mass is 16.5. The Morgan fingerprint density at radius 2 is 1.76 bits per heavy atom. The Morgan fingerprint density at radius 1 is 1.00 bits per heavy atom. The summed E-state index contributed by atoms with van der Waals surface area (Å²) in [5.41, 5.74) is 4.48. The van der Waals surface area contributed by atoms with Crippen LogP contribution in [0.25, 0.3) is 0 Å². The summed E-state index contributed by atoms with van der Waals surface area (Å²) in [5.74, 6) is 0.712. The largest absolute Gasteiger partial charge is 0.491 e. The van der Waals surface area contributed by atoms with Gasteiger partial charge in [-0.15, -0.1) is 0 Å². The van der Waals surface area contributed by atoms with Crippen LogP contribution in [0.5, 0.6) is 5.75 Å². The van der Waals surface area contributed by atoms with Gasteiger partial charge in [-0.25, -0.2) is 0 Å². The predicted molar refractivity (Wildman–Crippen MR) is 130 cm³/mol. The van der Waals surface area contributed by atoms with E-state index in [1.165, 1.54) is 11.1 Å². The minimum Gasteiger partial charge on any atom is -0.491 e. The molecule has 0 aliphatic heterocycles. The lowest BCUT2D eigenvalue weighted by Crippen LogP contribution is -2.39. The lowest BCUT2D eigenvalue weighted by atomic mass is 9.99. The first-order valence-electron chi connectivity index (χ1n) is 11.7. The molecule has 0 spiro atoms. The summed E-state index contributed by atoms with van der Waals surface area (Å²) in [6, 6.07) is 25.7. The number of benzene rings is 3. The van der Waals surface area contributed by atoms with E-state index in [-0.39, 0.29) is 12.5 Å². The van der Waals surface area contributed by atoms with Gasteiger partial charge < -0.3 is 20.5 Å². The maximum atomic E-state index is 12.4. The number of hydrogen-bond donors (Lipinski definition) is 3.